The molecule has 0 aliphatic rings. The van der Waals surface area contributed by atoms with Crippen molar-refractivity contribution in [2.45, 2.75) is 13.3 Å². The molecule has 7 nitrogen and oxygen atoms in total. The standard InChI is InChI=1S/C13H13N3O4/c1-2-20-12(17)7-11-8-14-15-16(11)10-5-3-9(4-6-10)13(18)19/h3-6,8H,2,7H2,1H3,(H,18,19). The summed E-state index contributed by atoms with van der Waals surface area (Å²) in [7, 11) is 0. The molecule has 0 fully saturated rings. The lowest BCUT2D eigenvalue weighted by Crippen LogP contribution is -2.11. The van der Waals surface area contributed by atoms with Gasteiger partial charge in [0, 0.05) is 0 Å². The number of carbonyl (C=O) groups is 2. The maximum absolute atomic E-state index is 11.5. The van der Waals surface area contributed by atoms with Crippen molar-refractivity contribution in [1.82, 2.24) is 15.0 Å². The Bertz CT molecular complexity index is 619. The minimum atomic E-state index is -0.998. The smallest absolute Gasteiger partial charge is 0.335 e. The quantitative estimate of drug-likeness (QED) is 0.820. The third kappa shape index (κ3) is 3.00. The van der Waals surface area contributed by atoms with Crippen LogP contribution in [0, 0.1) is 0 Å². The molecule has 0 amide bonds. The number of rotatable bonds is 5. The third-order valence-corrected chi connectivity index (χ3v) is 2.61. The number of carboxylic acids is 1. The average molecular weight is 275 g/mol. The van der Waals surface area contributed by atoms with Crippen LogP contribution in [0.3, 0.4) is 0 Å². The highest BCUT2D eigenvalue weighted by molar-refractivity contribution is 5.87. The van der Waals surface area contributed by atoms with Gasteiger partial charge in [0.05, 0.1) is 36.2 Å². The summed E-state index contributed by atoms with van der Waals surface area (Å²) in [4.78, 5) is 22.3. The van der Waals surface area contributed by atoms with Crippen molar-refractivity contribution in [3.05, 3.63) is 41.7 Å². The van der Waals surface area contributed by atoms with Crippen molar-refractivity contribution in [2.75, 3.05) is 6.61 Å². The number of aromatic carboxylic acids is 1. The van der Waals surface area contributed by atoms with Crippen LogP contribution >= 0.6 is 0 Å². The van der Waals surface area contributed by atoms with Crippen LogP contribution in [0.4, 0.5) is 0 Å². The van der Waals surface area contributed by atoms with Crippen LogP contribution in [0.2, 0.25) is 0 Å². The zero-order valence-corrected chi connectivity index (χ0v) is 10.8. The molecule has 0 unspecified atom stereocenters. The number of nitrogens with zero attached hydrogens (tertiary/aromatic N) is 3. The Kier molecular flexibility index (Phi) is 4.09. The monoisotopic (exact) mass is 275 g/mol. The molecule has 1 aromatic carbocycles. The van der Waals surface area contributed by atoms with Gasteiger partial charge in [0.15, 0.2) is 0 Å². The number of ether oxygens (including phenoxy) is 1. The highest BCUT2D eigenvalue weighted by Gasteiger charge is 2.12. The zero-order valence-electron chi connectivity index (χ0n) is 10.8. The van der Waals surface area contributed by atoms with E-state index in [-0.39, 0.29) is 18.0 Å². The second-order valence-electron chi connectivity index (χ2n) is 3.97. The van der Waals surface area contributed by atoms with Gasteiger partial charge in [0.1, 0.15) is 0 Å². The molecule has 0 saturated carbocycles. The molecule has 0 saturated heterocycles. The molecule has 2 aromatic rings. The van der Waals surface area contributed by atoms with E-state index in [4.69, 9.17) is 9.84 Å². The van der Waals surface area contributed by atoms with E-state index in [1.807, 2.05) is 0 Å². The first-order chi connectivity index (χ1) is 9.61. The molecule has 1 N–H and O–H groups in total. The molecular weight excluding hydrogens is 262 g/mol. The topological polar surface area (TPSA) is 94.3 Å². The predicted molar refractivity (Wildman–Crippen MR) is 68.7 cm³/mol. The predicted octanol–water partition coefficient (Wildman–Crippen LogP) is 1.07. The summed E-state index contributed by atoms with van der Waals surface area (Å²) in [5.41, 5.74) is 1.39. The van der Waals surface area contributed by atoms with E-state index >= 15 is 0 Å². The summed E-state index contributed by atoms with van der Waals surface area (Å²) < 4.78 is 6.35. The minimum absolute atomic E-state index is 0.0571. The minimum Gasteiger partial charge on any atom is -0.478 e. The fraction of sp³-hybridized carbons (Fsp3) is 0.231. The Hall–Kier alpha value is -2.70. The maximum atomic E-state index is 11.5. The van der Waals surface area contributed by atoms with Crippen LogP contribution in [0.1, 0.15) is 23.0 Å². The van der Waals surface area contributed by atoms with Crippen molar-refractivity contribution >= 4 is 11.9 Å². The third-order valence-electron chi connectivity index (χ3n) is 2.61. The summed E-state index contributed by atoms with van der Waals surface area (Å²) in [6, 6.07) is 6.14. The molecule has 20 heavy (non-hydrogen) atoms. The van der Waals surface area contributed by atoms with E-state index in [0.29, 0.717) is 18.0 Å². The first-order valence-corrected chi connectivity index (χ1v) is 6.00. The SMILES string of the molecule is CCOC(=O)Cc1cnnn1-c1ccc(C(=O)O)cc1. The van der Waals surface area contributed by atoms with Crippen molar-refractivity contribution in [2.24, 2.45) is 0 Å². The molecule has 0 atom stereocenters. The number of aromatic nitrogens is 3. The summed E-state index contributed by atoms with van der Waals surface area (Å²) in [5, 5.41) is 16.5. The van der Waals surface area contributed by atoms with Crippen LogP contribution in [0.5, 0.6) is 0 Å². The number of carboxylic acid groups (broad SMARTS) is 1. The Morgan fingerprint density at radius 3 is 2.60 bits per heavy atom. The molecule has 0 aliphatic heterocycles. The van der Waals surface area contributed by atoms with Gasteiger partial charge in [0.2, 0.25) is 0 Å². The highest BCUT2D eigenvalue weighted by Crippen LogP contribution is 2.12. The average Bonchev–Trinajstić information content (AvgIpc) is 2.87. The molecular formula is C13H13N3O4. The Morgan fingerprint density at radius 1 is 1.30 bits per heavy atom. The van der Waals surface area contributed by atoms with Gasteiger partial charge in [-0.1, -0.05) is 5.21 Å². The summed E-state index contributed by atoms with van der Waals surface area (Å²) in [6.45, 7) is 2.05. The summed E-state index contributed by atoms with van der Waals surface area (Å²) >= 11 is 0. The van der Waals surface area contributed by atoms with Gasteiger partial charge in [-0.15, -0.1) is 5.10 Å². The Morgan fingerprint density at radius 2 is 2.00 bits per heavy atom. The van der Waals surface area contributed by atoms with Crippen molar-refractivity contribution in [1.29, 1.82) is 0 Å². The van der Waals surface area contributed by atoms with Gasteiger partial charge in [-0.05, 0) is 31.2 Å². The molecule has 0 radical (unpaired) electrons. The molecule has 0 aliphatic carbocycles. The number of hydrogen-bond donors (Lipinski definition) is 1. The van der Waals surface area contributed by atoms with E-state index in [9.17, 15) is 9.59 Å². The van der Waals surface area contributed by atoms with Crippen LogP contribution in [0.15, 0.2) is 30.5 Å². The molecule has 7 heteroatoms. The zero-order chi connectivity index (χ0) is 14.5. The van der Waals surface area contributed by atoms with Gasteiger partial charge in [-0.3, -0.25) is 4.79 Å². The molecule has 104 valence electrons. The molecule has 2 rings (SSSR count). The lowest BCUT2D eigenvalue weighted by atomic mass is 10.2. The van der Waals surface area contributed by atoms with Gasteiger partial charge in [-0.25, -0.2) is 9.48 Å². The fourth-order valence-corrected chi connectivity index (χ4v) is 1.70. The van der Waals surface area contributed by atoms with Crippen LogP contribution in [0.25, 0.3) is 5.69 Å². The molecule has 1 aromatic heterocycles. The van der Waals surface area contributed by atoms with Gasteiger partial charge >= 0.3 is 11.9 Å². The van der Waals surface area contributed by atoms with E-state index in [2.05, 4.69) is 10.3 Å². The van der Waals surface area contributed by atoms with Crippen molar-refractivity contribution in [3.8, 4) is 5.69 Å². The van der Waals surface area contributed by atoms with Crippen molar-refractivity contribution in [3.63, 3.8) is 0 Å². The second kappa shape index (κ2) is 5.96. The highest BCUT2D eigenvalue weighted by atomic mass is 16.5. The van der Waals surface area contributed by atoms with Gasteiger partial charge in [0.25, 0.3) is 0 Å². The van der Waals surface area contributed by atoms with E-state index in [1.54, 1.807) is 19.1 Å². The van der Waals surface area contributed by atoms with E-state index in [0.717, 1.165) is 0 Å². The lowest BCUT2D eigenvalue weighted by Gasteiger charge is -2.06. The molecule has 0 bridgehead atoms. The number of esters is 1. The van der Waals surface area contributed by atoms with Gasteiger partial charge in [-0.2, -0.15) is 0 Å². The Labute approximate surface area is 114 Å². The molecule has 0 spiro atoms. The fourth-order valence-electron chi connectivity index (χ4n) is 1.70. The first-order valence-electron chi connectivity index (χ1n) is 6.00. The maximum Gasteiger partial charge on any atom is 0.335 e. The normalized spacial score (nSPS) is 10.2. The number of carbonyl (C=O) groups excluding carboxylic acids is 1. The van der Waals surface area contributed by atoms with E-state index in [1.165, 1.54) is 23.0 Å². The van der Waals surface area contributed by atoms with Crippen molar-refractivity contribution < 1.29 is 19.4 Å². The largest absolute Gasteiger partial charge is 0.478 e. The molecule has 1 heterocycles. The Balaban J connectivity index is 2.23. The first kappa shape index (κ1) is 13.7. The van der Waals surface area contributed by atoms with E-state index < -0.39 is 5.97 Å². The number of benzene rings is 1. The van der Waals surface area contributed by atoms with Crippen LogP contribution in [-0.4, -0.2) is 38.6 Å². The van der Waals surface area contributed by atoms with Crippen LogP contribution in [-0.2, 0) is 16.0 Å². The summed E-state index contributed by atoms with van der Waals surface area (Å²) in [5.74, 6) is -1.36. The van der Waals surface area contributed by atoms with Gasteiger partial charge < -0.3 is 9.84 Å². The number of hydrogen-bond acceptors (Lipinski definition) is 5. The van der Waals surface area contributed by atoms with Crippen LogP contribution < -0.4 is 0 Å². The second-order valence-corrected chi connectivity index (χ2v) is 3.97. The summed E-state index contributed by atoms with van der Waals surface area (Å²) in [6.07, 6.45) is 1.53. The lowest BCUT2D eigenvalue weighted by molar-refractivity contribution is -0.142.